The Morgan fingerprint density at radius 2 is 2.04 bits per heavy atom. The molecule has 1 aliphatic carbocycles. The number of nitrogens with zero attached hydrogens (tertiary/aromatic N) is 5. The number of hydrogen-bond donors (Lipinski definition) is 0. The highest BCUT2D eigenvalue weighted by Gasteiger charge is 2.30. The third-order valence-corrected chi connectivity index (χ3v) is 5.43. The molecule has 1 amide bonds. The highest BCUT2D eigenvalue weighted by molar-refractivity contribution is 7.99. The summed E-state index contributed by atoms with van der Waals surface area (Å²) in [7, 11) is 0. The summed E-state index contributed by atoms with van der Waals surface area (Å²) < 4.78 is 2.15. The lowest BCUT2D eigenvalue weighted by molar-refractivity contribution is -0.116. The Bertz CT molecular complexity index is 953. The van der Waals surface area contributed by atoms with E-state index in [4.69, 9.17) is 0 Å². The molecule has 0 atom stereocenters. The van der Waals surface area contributed by atoms with Crippen molar-refractivity contribution in [3.8, 4) is 11.4 Å². The average Bonchev–Trinajstić information content (AvgIpc) is 3.50. The van der Waals surface area contributed by atoms with Gasteiger partial charge in [-0.2, -0.15) is 0 Å². The van der Waals surface area contributed by atoms with Gasteiger partial charge in [-0.25, -0.2) is 0 Å². The van der Waals surface area contributed by atoms with Crippen molar-refractivity contribution in [2.45, 2.75) is 24.0 Å². The van der Waals surface area contributed by atoms with Crippen molar-refractivity contribution >= 4 is 23.4 Å². The van der Waals surface area contributed by atoms with E-state index in [0.717, 1.165) is 35.1 Å². The fourth-order valence-electron chi connectivity index (χ4n) is 3.02. The molecular weight excluding hydrogens is 370 g/mol. The molecule has 1 aromatic carbocycles. The van der Waals surface area contributed by atoms with Crippen LogP contribution in [0.5, 0.6) is 0 Å². The number of benzene rings is 1. The number of aromatic nitrogens is 4. The van der Waals surface area contributed by atoms with Gasteiger partial charge in [0.25, 0.3) is 0 Å². The van der Waals surface area contributed by atoms with E-state index in [0.29, 0.717) is 18.3 Å². The zero-order chi connectivity index (χ0) is 19.3. The van der Waals surface area contributed by atoms with Crippen LogP contribution in [0.2, 0.25) is 0 Å². The van der Waals surface area contributed by atoms with Crippen LogP contribution >= 0.6 is 11.8 Å². The Balaban J connectivity index is 1.52. The number of carbonyl (C=O) groups is 1. The molecule has 0 aliphatic heterocycles. The first-order valence-corrected chi connectivity index (χ1v) is 10.2. The second kappa shape index (κ2) is 8.39. The molecule has 3 aromatic rings. The van der Waals surface area contributed by atoms with Crippen molar-refractivity contribution in [3.63, 3.8) is 0 Å². The van der Waals surface area contributed by atoms with E-state index >= 15 is 0 Å². The molecule has 7 heteroatoms. The molecular formula is C21H21N5OS. The average molecular weight is 392 g/mol. The number of carbonyl (C=O) groups excluding carboxylic acids is 1. The van der Waals surface area contributed by atoms with Crippen molar-refractivity contribution in [1.29, 1.82) is 0 Å². The highest BCUT2D eigenvalue weighted by atomic mass is 32.2. The quantitative estimate of drug-likeness (QED) is 0.429. The van der Waals surface area contributed by atoms with Gasteiger partial charge >= 0.3 is 0 Å². The third-order valence-electron chi connectivity index (χ3n) is 4.50. The summed E-state index contributed by atoms with van der Waals surface area (Å²) >= 11 is 1.43. The van der Waals surface area contributed by atoms with Crippen LogP contribution in [0.3, 0.4) is 0 Å². The molecule has 0 radical (unpaired) electrons. The van der Waals surface area contributed by atoms with Crippen LogP contribution in [0.25, 0.3) is 11.4 Å². The lowest BCUT2D eigenvalue weighted by Gasteiger charge is -2.21. The first-order valence-electron chi connectivity index (χ1n) is 9.22. The molecule has 1 saturated carbocycles. The maximum atomic E-state index is 12.9. The van der Waals surface area contributed by atoms with Crippen molar-refractivity contribution in [1.82, 2.24) is 19.7 Å². The van der Waals surface area contributed by atoms with Gasteiger partial charge in [-0.1, -0.05) is 36.0 Å². The number of hydrogen-bond acceptors (Lipinski definition) is 5. The number of amides is 1. The minimum absolute atomic E-state index is 0.0179. The van der Waals surface area contributed by atoms with Crippen LogP contribution in [0.1, 0.15) is 18.9 Å². The highest BCUT2D eigenvalue weighted by Crippen LogP contribution is 2.41. The van der Waals surface area contributed by atoms with Crippen molar-refractivity contribution in [2.24, 2.45) is 0 Å². The summed E-state index contributed by atoms with van der Waals surface area (Å²) in [6.07, 6.45) is 7.50. The van der Waals surface area contributed by atoms with E-state index in [-0.39, 0.29) is 5.91 Å². The fourth-order valence-corrected chi connectivity index (χ4v) is 3.90. The molecule has 0 unspecified atom stereocenters. The zero-order valence-electron chi connectivity index (χ0n) is 15.4. The molecule has 6 nitrogen and oxygen atoms in total. The molecule has 1 aliphatic rings. The van der Waals surface area contributed by atoms with Gasteiger partial charge in [0.15, 0.2) is 11.0 Å². The molecule has 142 valence electrons. The van der Waals surface area contributed by atoms with Gasteiger partial charge in [0.05, 0.1) is 5.75 Å². The summed E-state index contributed by atoms with van der Waals surface area (Å²) in [4.78, 5) is 18.8. The molecule has 28 heavy (non-hydrogen) atoms. The molecule has 0 N–H and O–H groups in total. The molecule has 0 saturated heterocycles. The number of thioether (sulfide) groups is 1. The fraction of sp³-hybridized carbons (Fsp3) is 0.238. The second-order valence-corrected chi connectivity index (χ2v) is 7.51. The van der Waals surface area contributed by atoms with Crippen LogP contribution in [0, 0.1) is 0 Å². The van der Waals surface area contributed by atoms with Gasteiger partial charge in [-0.15, -0.1) is 16.8 Å². The first-order chi connectivity index (χ1) is 13.8. The predicted octanol–water partition coefficient (Wildman–Crippen LogP) is 3.99. The summed E-state index contributed by atoms with van der Waals surface area (Å²) in [5.74, 6) is 1.13. The topological polar surface area (TPSA) is 63.9 Å². The van der Waals surface area contributed by atoms with Gasteiger partial charge in [0.2, 0.25) is 5.91 Å². The summed E-state index contributed by atoms with van der Waals surface area (Å²) in [6.45, 7) is 4.25. The van der Waals surface area contributed by atoms with E-state index in [1.54, 1.807) is 23.4 Å². The summed E-state index contributed by atoms with van der Waals surface area (Å²) in [5, 5.41) is 9.52. The lowest BCUT2D eigenvalue weighted by atomic mass is 10.3. The van der Waals surface area contributed by atoms with E-state index < -0.39 is 0 Å². The maximum Gasteiger partial charge on any atom is 0.237 e. The number of pyridine rings is 1. The second-order valence-electron chi connectivity index (χ2n) is 6.57. The zero-order valence-corrected chi connectivity index (χ0v) is 16.3. The Kier molecular flexibility index (Phi) is 5.53. The smallest absolute Gasteiger partial charge is 0.237 e. The Hall–Kier alpha value is -2.93. The monoisotopic (exact) mass is 391 g/mol. The third kappa shape index (κ3) is 3.99. The van der Waals surface area contributed by atoms with Crippen LogP contribution in [-0.4, -0.2) is 38.0 Å². The first kappa shape index (κ1) is 18.4. The molecule has 2 heterocycles. The van der Waals surface area contributed by atoms with E-state index in [2.05, 4.69) is 26.3 Å². The number of rotatable bonds is 8. The molecule has 1 fully saturated rings. The van der Waals surface area contributed by atoms with E-state index in [1.807, 2.05) is 42.5 Å². The minimum atomic E-state index is 0.0179. The van der Waals surface area contributed by atoms with Gasteiger partial charge in [0.1, 0.15) is 0 Å². The Morgan fingerprint density at radius 1 is 1.21 bits per heavy atom. The molecule has 2 aromatic heterocycles. The van der Waals surface area contributed by atoms with Gasteiger partial charge in [0, 0.05) is 36.2 Å². The number of para-hydroxylation sites is 1. The van der Waals surface area contributed by atoms with Crippen LogP contribution < -0.4 is 4.90 Å². The summed E-state index contributed by atoms with van der Waals surface area (Å²) in [5.41, 5.74) is 1.81. The van der Waals surface area contributed by atoms with Crippen LogP contribution in [-0.2, 0) is 4.79 Å². The minimum Gasteiger partial charge on any atom is -0.308 e. The Morgan fingerprint density at radius 3 is 2.71 bits per heavy atom. The number of anilines is 1. The Labute approximate surface area is 168 Å². The molecule has 4 rings (SSSR count). The van der Waals surface area contributed by atoms with Gasteiger partial charge < -0.3 is 4.90 Å². The maximum absolute atomic E-state index is 12.9. The normalized spacial score (nSPS) is 13.3. The van der Waals surface area contributed by atoms with Crippen molar-refractivity contribution < 1.29 is 4.79 Å². The SMILES string of the molecule is C=CCN(C(=O)CSc1nnc(-c2cccnc2)n1C1CC1)c1ccccc1. The van der Waals surface area contributed by atoms with E-state index in [1.165, 1.54) is 11.8 Å². The van der Waals surface area contributed by atoms with Crippen LogP contribution in [0.15, 0.2) is 72.7 Å². The largest absolute Gasteiger partial charge is 0.308 e. The van der Waals surface area contributed by atoms with Gasteiger partial charge in [-0.3, -0.25) is 14.3 Å². The van der Waals surface area contributed by atoms with Crippen molar-refractivity contribution in [3.05, 3.63) is 67.5 Å². The predicted molar refractivity (Wildman–Crippen MR) is 111 cm³/mol. The van der Waals surface area contributed by atoms with E-state index in [9.17, 15) is 4.79 Å². The van der Waals surface area contributed by atoms with Gasteiger partial charge in [-0.05, 0) is 37.1 Å². The lowest BCUT2D eigenvalue weighted by Crippen LogP contribution is -2.32. The molecule has 0 spiro atoms. The standard InChI is InChI=1S/C21H21N5OS/c1-2-13-25(17-8-4-3-5-9-17)19(27)15-28-21-24-23-20(26(21)18-10-11-18)16-7-6-12-22-14-16/h2-9,12,14,18H,1,10-11,13,15H2. The van der Waals surface area contributed by atoms with Crippen molar-refractivity contribution in [2.75, 3.05) is 17.2 Å². The summed E-state index contributed by atoms with van der Waals surface area (Å²) in [6, 6.07) is 13.9. The van der Waals surface area contributed by atoms with Crippen LogP contribution in [0.4, 0.5) is 5.69 Å². The molecule has 0 bridgehead atoms.